The number of aliphatic carboxylic acids is 1. The summed E-state index contributed by atoms with van der Waals surface area (Å²) in [6.07, 6.45) is 8.16. The van der Waals surface area contributed by atoms with E-state index in [2.05, 4.69) is 15.6 Å². The molecule has 164 valence electrons. The third-order valence-electron chi connectivity index (χ3n) is 6.15. The molecule has 2 saturated heterocycles. The molecule has 0 spiro atoms. The van der Waals surface area contributed by atoms with E-state index < -0.39 is 12.0 Å². The molecular weight excluding hydrogens is 384 g/mol. The van der Waals surface area contributed by atoms with Gasteiger partial charge in [-0.25, -0.2) is 0 Å². The molecule has 1 aromatic heterocycles. The molecule has 3 N–H and O–H groups in total. The van der Waals surface area contributed by atoms with E-state index in [1.54, 1.807) is 24.5 Å². The van der Waals surface area contributed by atoms with Crippen LogP contribution in [0.5, 0.6) is 0 Å². The monoisotopic (exact) mass is 416 g/mol. The summed E-state index contributed by atoms with van der Waals surface area (Å²) in [5.41, 5.74) is 0.666. The quantitative estimate of drug-likeness (QED) is 0.595. The normalized spacial score (nSPS) is 21.1. The van der Waals surface area contributed by atoms with E-state index in [9.17, 15) is 19.5 Å². The third kappa shape index (κ3) is 6.52. The summed E-state index contributed by atoms with van der Waals surface area (Å²) in [5.74, 6) is -0.756. The van der Waals surface area contributed by atoms with Gasteiger partial charge in [0.2, 0.25) is 11.8 Å². The number of aromatic nitrogens is 1. The number of hydrogen-bond acceptors (Lipinski definition) is 5. The Morgan fingerprint density at radius 2 is 2.07 bits per heavy atom. The molecule has 3 heterocycles. The number of nitrogens with one attached hydrogen (secondary N) is 2. The minimum absolute atomic E-state index is 0.125. The van der Waals surface area contributed by atoms with Crippen LogP contribution in [0.25, 0.3) is 0 Å². The van der Waals surface area contributed by atoms with E-state index in [0.717, 1.165) is 38.8 Å². The molecule has 30 heavy (non-hydrogen) atoms. The number of carboxylic acids is 1. The molecule has 0 radical (unpaired) electrons. The van der Waals surface area contributed by atoms with Gasteiger partial charge in [-0.15, -0.1) is 0 Å². The number of carboxylic acid groups (broad SMARTS) is 1. The highest BCUT2D eigenvalue weighted by Gasteiger charge is 2.30. The largest absolute Gasteiger partial charge is 0.481 e. The van der Waals surface area contributed by atoms with Crippen LogP contribution in [0.2, 0.25) is 0 Å². The predicted octanol–water partition coefficient (Wildman–Crippen LogP) is 1.73. The summed E-state index contributed by atoms with van der Waals surface area (Å²) in [7, 11) is 0. The van der Waals surface area contributed by atoms with Crippen molar-refractivity contribution in [1.82, 2.24) is 20.5 Å². The van der Waals surface area contributed by atoms with Gasteiger partial charge in [0.15, 0.2) is 0 Å². The van der Waals surface area contributed by atoms with Gasteiger partial charge in [-0.2, -0.15) is 0 Å². The summed E-state index contributed by atoms with van der Waals surface area (Å²) in [6.45, 7) is 3.15. The highest BCUT2D eigenvalue weighted by Crippen LogP contribution is 2.23. The predicted molar refractivity (Wildman–Crippen MR) is 112 cm³/mol. The first-order valence-electron chi connectivity index (χ1n) is 10.9. The van der Waals surface area contributed by atoms with Crippen LogP contribution in [-0.2, 0) is 14.4 Å². The van der Waals surface area contributed by atoms with Crippen molar-refractivity contribution in [3.63, 3.8) is 0 Å². The van der Waals surface area contributed by atoms with Crippen LogP contribution in [0.15, 0.2) is 24.5 Å². The van der Waals surface area contributed by atoms with Crippen LogP contribution in [-0.4, -0.2) is 59.0 Å². The summed E-state index contributed by atoms with van der Waals surface area (Å²) in [4.78, 5) is 42.7. The Hall–Kier alpha value is -2.48. The lowest BCUT2D eigenvalue weighted by atomic mass is 9.92. The second-order valence-electron chi connectivity index (χ2n) is 8.36. The maximum absolute atomic E-state index is 12.9. The number of nitrogens with zero attached hydrogens (tertiary/aromatic N) is 2. The highest BCUT2D eigenvalue weighted by molar-refractivity contribution is 5.82. The second-order valence-corrected chi connectivity index (χ2v) is 8.36. The Morgan fingerprint density at radius 3 is 2.77 bits per heavy atom. The van der Waals surface area contributed by atoms with Crippen LogP contribution in [0.3, 0.4) is 0 Å². The Morgan fingerprint density at radius 1 is 1.27 bits per heavy atom. The fourth-order valence-electron chi connectivity index (χ4n) is 4.37. The Balaban J connectivity index is 1.53. The zero-order valence-corrected chi connectivity index (χ0v) is 17.4. The minimum Gasteiger partial charge on any atom is -0.481 e. The SMILES string of the molecule is O=C(O)C[C@H](NC(=O)[C@H]1CCCN(C(=O)CCC2CCNCC2)C1)c1cccnc1. The van der Waals surface area contributed by atoms with E-state index in [1.165, 1.54) is 0 Å². The second kappa shape index (κ2) is 11.1. The fraction of sp³-hybridized carbons (Fsp3) is 0.636. The van der Waals surface area contributed by atoms with Crippen LogP contribution in [0.4, 0.5) is 0 Å². The molecule has 2 aliphatic heterocycles. The fourth-order valence-corrected chi connectivity index (χ4v) is 4.37. The van der Waals surface area contributed by atoms with Gasteiger partial charge >= 0.3 is 5.97 Å². The molecule has 1 aromatic rings. The van der Waals surface area contributed by atoms with Gasteiger partial charge in [0, 0.05) is 31.9 Å². The maximum Gasteiger partial charge on any atom is 0.305 e. The van der Waals surface area contributed by atoms with Gasteiger partial charge in [-0.1, -0.05) is 6.07 Å². The highest BCUT2D eigenvalue weighted by atomic mass is 16.4. The third-order valence-corrected chi connectivity index (χ3v) is 6.15. The summed E-state index contributed by atoms with van der Waals surface area (Å²) in [6, 6.07) is 2.85. The van der Waals surface area contributed by atoms with E-state index in [-0.39, 0.29) is 24.2 Å². The van der Waals surface area contributed by atoms with Crippen molar-refractivity contribution in [3.05, 3.63) is 30.1 Å². The molecule has 2 aliphatic rings. The Labute approximate surface area is 177 Å². The lowest BCUT2D eigenvalue weighted by molar-refractivity contribution is -0.138. The average Bonchev–Trinajstić information content (AvgIpc) is 2.78. The summed E-state index contributed by atoms with van der Waals surface area (Å²) in [5, 5.41) is 15.4. The Bertz CT molecular complexity index is 721. The zero-order chi connectivity index (χ0) is 21.3. The number of pyridine rings is 1. The lowest BCUT2D eigenvalue weighted by Crippen LogP contribution is -2.46. The van der Waals surface area contributed by atoms with Crippen molar-refractivity contribution < 1.29 is 19.5 Å². The van der Waals surface area contributed by atoms with Gasteiger partial charge in [0.25, 0.3) is 0 Å². The lowest BCUT2D eigenvalue weighted by Gasteiger charge is -2.33. The number of likely N-dealkylation sites (tertiary alicyclic amines) is 1. The molecule has 0 bridgehead atoms. The summed E-state index contributed by atoms with van der Waals surface area (Å²) < 4.78 is 0. The first-order valence-corrected chi connectivity index (χ1v) is 10.9. The molecule has 8 nitrogen and oxygen atoms in total. The van der Waals surface area contributed by atoms with E-state index in [1.807, 2.05) is 4.90 Å². The minimum atomic E-state index is -0.984. The molecule has 3 rings (SSSR count). The van der Waals surface area contributed by atoms with Crippen LogP contribution in [0, 0.1) is 11.8 Å². The van der Waals surface area contributed by atoms with Crippen molar-refractivity contribution in [2.75, 3.05) is 26.2 Å². The van der Waals surface area contributed by atoms with Gasteiger partial charge in [0.1, 0.15) is 0 Å². The first-order chi connectivity index (χ1) is 14.5. The molecule has 0 aromatic carbocycles. The van der Waals surface area contributed by atoms with Gasteiger partial charge < -0.3 is 20.6 Å². The van der Waals surface area contributed by atoms with Gasteiger partial charge in [-0.3, -0.25) is 19.4 Å². The smallest absolute Gasteiger partial charge is 0.305 e. The molecule has 2 amide bonds. The number of carbonyl (C=O) groups excluding carboxylic acids is 2. The first kappa shape index (κ1) is 22.2. The molecular formula is C22H32N4O4. The van der Waals surface area contributed by atoms with Crippen molar-refractivity contribution in [2.45, 2.75) is 51.0 Å². The van der Waals surface area contributed by atoms with E-state index in [0.29, 0.717) is 37.4 Å². The maximum atomic E-state index is 12.9. The standard InChI is InChI=1S/C22H32N4O4/c27-20(6-5-16-7-10-23-11-8-16)26-12-2-4-18(15-26)22(30)25-19(13-21(28)29)17-3-1-9-24-14-17/h1,3,9,14,16,18-19,23H,2,4-8,10-13,15H2,(H,25,30)(H,28,29)/t18-,19-/m0/s1. The van der Waals surface area contributed by atoms with Crippen LogP contribution >= 0.6 is 0 Å². The Kier molecular flexibility index (Phi) is 8.19. The molecule has 2 fully saturated rings. The number of hydrogen-bond donors (Lipinski definition) is 3. The van der Waals surface area contributed by atoms with E-state index >= 15 is 0 Å². The van der Waals surface area contributed by atoms with Crippen molar-refractivity contribution in [3.8, 4) is 0 Å². The number of carbonyl (C=O) groups is 3. The molecule has 2 atom stereocenters. The van der Waals surface area contributed by atoms with Gasteiger partial charge in [0.05, 0.1) is 18.4 Å². The van der Waals surface area contributed by atoms with Crippen molar-refractivity contribution >= 4 is 17.8 Å². The summed E-state index contributed by atoms with van der Waals surface area (Å²) >= 11 is 0. The van der Waals surface area contributed by atoms with Gasteiger partial charge in [-0.05, 0) is 62.7 Å². The van der Waals surface area contributed by atoms with E-state index in [4.69, 9.17) is 0 Å². The molecule has 0 aliphatic carbocycles. The topological polar surface area (TPSA) is 112 Å². The van der Waals surface area contributed by atoms with Crippen molar-refractivity contribution in [1.29, 1.82) is 0 Å². The molecule has 0 saturated carbocycles. The van der Waals surface area contributed by atoms with Crippen LogP contribution < -0.4 is 10.6 Å². The van der Waals surface area contributed by atoms with Crippen LogP contribution in [0.1, 0.15) is 56.6 Å². The average molecular weight is 417 g/mol. The number of amides is 2. The molecule has 8 heteroatoms. The molecule has 0 unspecified atom stereocenters. The number of rotatable bonds is 8. The number of piperidine rings is 2. The van der Waals surface area contributed by atoms with Crippen molar-refractivity contribution in [2.24, 2.45) is 11.8 Å². The zero-order valence-electron chi connectivity index (χ0n) is 17.4.